The van der Waals surface area contributed by atoms with E-state index in [1.807, 2.05) is 20.8 Å². The molecule has 0 aromatic heterocycles. The second-order valence-corrected chi connectivity index (χ2v) is 6.09. The Hall–Kier alpha value is -1.55. The number of methoxy groups -OCH3 is 1. The number of hydrogen-bond acceptors (Lipinski definition) is 3. The van der Waals surface area contributed by atoms with E-state index in [-0.39, 0.29) is 5.91 Å². The van der Waals surface area contributed by atoms with E-state index < -0.39 is 5.54 Å². The average Bonchev–Trinajstić information content (AvgIpc) is 2.37. The summed E-state index contributed by atoms with van der Waals surface area (Å²) in [6, 6.07) is 4.12. The summed E-state index contributed by atoms with van der Waals surface area (Å²) in [6.45, 7) is 8.43. The van der Waals surface area contributed by atoms with E-state index >= 15 is 0 Å². The largest absolute Gasteiger partial charge is 0.496 e. The first-order valence-electron chi connectivity index (χ1n) is 7.41. The van der Waals surface area contributed by atoms with Crippen molar-refractivity contribution in [3.8, 4) is 5.75 Å². The van der Waals surface area contributed by atoms with Crippen molar-refractivity contribution in [2.75, 3.05) is 14.2 Å². The highest BCUT2D eigenvalue weighted by Crippen LogP contribution is 2.25. The number of carbonyl (C=O) groups excluding carboxylic acids is 1. The van der Waals surface area contributed by atoms with Crippen molar-refractivity contribution in [2.45, 2.75) is 52.6 Å². The van der Waals surface area contributed by atoms with Gasteiger partial charge in [0, 0.05) is 13.6 Å². The molecule has 0 aliphatic carbocycles. The lowest BCUT2D eigenvalue weighted by Crippen LogP contribution is -2.51. The molecular weight excluding hydrogens is 264 g/mol. The molecule has 0 saturated carbocycles. The number of likely N-dealkylation sites (N-methyl/N-ethyl adjacent to an activating group) is 1. The number of hydrogen-bond donors (Lipinski definition) is 1. The van der Waals surface area contributed by atoms with Crippen molar-refractivity contribution < 1.29 is 9.53 Å². The number of aryl methyl sites for hydroxylation is 2. The van der Waals surface area contributed by atoms with Crippen LogP contribution >= 0.6 is 0 Å². The summed E-state index contributed by atoms with van der Waals surface area (Å²) in [6.07, 6.45) is 1.59. The summed E-state index contributed by atoms with van der Waals surface area (Å²) in [5.41, 5.74) is 8.58. The Kier molecular flexibility index (Phi) is 5.78. The minimum Gasteiger partial charge on any atom is -0.496 e. The van der Waals surface area contributed by atoms with Crippen LogP contribution in [0.25, 0.3) is 0 Å². The van der Waals surface area contributed by atoms with Gasteiger partial charge in [-0.15, -0.1) is 0 Å². The molecule has 0 saturated heterocycles. The van der Waals surface area contributed by atoms with Crippen LogP contribution in [0.15, 0.2) is 12.1 Å². The molecule has 0 radical (unpaired) electrons. The summed E-state index contributed by atoms with van der Waals surface area (Å²) < 4.78 is 5.37. The normalized spacial score (nSPS) is 13.7. The highest BCUT2D eigenvalue weighted by Gasteiger charge is 2.30. The molecule has 0 aliphatic heterocycles. The van der Waals surface area contributed by atoms with Crippen molar-refractivity contribution in [3.05, 3.63) is 28.8 Å². The van der Waals surface area contributed by atoms with Crippen LogP contribution in [0, 0.1) is 13.8 Å². The maximum absolute atomic E-state index is 12.4. The summed E-state index contributed by atoms with van der Waals surface area (Å²) in [5.74, 6) is 0.887. The third-order valence-electron chi connectivity index (χ3n) is 3.75. The lowest BCUT2D eigenvalue weighted by molar-refractivity contribution is -0.135. The number of amides is 1. The summed E-state index contributed by atoms with van der Waals surface area (Å²) in [4.78, 5) is 14.1. The summed E-state index contributed by atoms with van der Waals surface area (Å²) in [5, 5.41) is 0. The fraction of sp³-hybridized carbons (Fsp3) is 0.588. The van der Waals surface area contributed by atoms with Gasteiger partial charge in [-0.25, -0.2) is 0 Å². The topological polar surface area (TPSA) is 55.6 Å². The first-order valence-corrected chi connectivity index (χ1v) is 7.41. The van der Waals surface area contributed by atoms with Crippen LogP contribution in [0.1, 0.15) is 43.4 Å². The zero-order valence-corrected chi connectivity index (χ0v) is 14.1. The second-order valence-electron chi connectivity index (χ2n) is 6.09. The van der Waals surface area contributed by atoms with Crippen LogP contribution < -0.4 is 10.5 Å². The number of nitrogens with zero attached hydrogens (tertiary/aromatic N) is 1. The van der Waals surface area contributed by atoms with Crippen LogP contribution in [0.5, 0.6) is 5.75 Å². The van der Waals surface area contributed by atoms with Crippen molar-refractivity contribution in [1.29, 1.82) is 0 Å². The number of ether oxygens (including phenoxy) is 1. The Morgan fingerprint density at radius 1 is 1.33 bits per heavy atom. The quantitative estimate of drug-likeness (QED) is 0.877. The van der Waals surface area contributed by atoms with Crippen LogP contribution in [0.4, 0.5) is 0 Å². The third-order valence-corrected chi connectivity index (χ3v) is 3.75. The molecule has 0 aliphatic rings. The Balaban J connectivity index is 2.89. The van der Waals surface area contributed by atoms with Crippen molar-refractivity contribution in [1.82, 2.24) is 4.90 Å². The van der Waals surface area contributed by atoms with E-state index in [1.54, 1.807) is 26.0 Å². The van der Waals surface area contributed by atoms with Crippen LogP contribution in [-0.4, -0.2) is 30.5 Å². The molecule has 1 aromatic carbocycles. The smallest absolute Gasteiger partial charge is 0.242 e. The van der Waals surface area contributed by atoms with Gasteiger partial charge < -0.3 is 15.4 Å². The second kappa shape index (κ2) is 6.94. The van der Waals surface area contributed by atoms with Gasteiger partial charge in [0.15, 0.2) is 0 Å². The minimum atomic E-state index is -0.792. The molecule has 0 fully saturated rings. The van der Waals surface area contributed by atoms with Gasteiger partial charge in [0.2, 0.25) is 5.91 Å². The fourth-order valence-electron chi connectivity index (χ4n) is 2.86. The van der Waals surface area contributed by atoms with E-state index in [4.69, 9.17) is 10.5 Å². The van der Waals surface area contributed by atoms with Gasteiger partial charge >= 0.3 is 0 Å². The van der Waals surface area contributed by atoms with E-state index in [0.717, 1.165) is 28.9 Å². The Labute approximate surface area is 128 Å². The molecule has 118 valence electrons. The van der Waals surface area contributed by atoms with Gasteiger partial charge in [0.05, 0.1) is 12.6 Å². The number of carbonyl (C=O) groups is 1. The van der Waals surface area contributed by atoms with Crippen molar-refractivity contribution in [2.24, 2.45) is 5.73 Å². The van der Waals surface area contributed by atoms with E-state index in [1.165, 1.54) is 0 Å². The van der Waals surface area contributed by atoms with Gasteiger partial charge in [0.25, 0.3) is 0 Å². The number of benzene rings is 1. The highest BCUT2D eigenvalue weighted by molar-refractivity contribution is 5.85. The molecule has 2 N–H and O–H groups in total. The number of rotatable bonds is 6. The van der Waals surface area contributed by atoms with Crippen molar-refractivity contribution in [3.63, 3.8) is 0 Å². The standard InChI is InChI=1S/C17H28N2O2/c1-7-8-17(4,18)16(20)19(5)11-14-9-12(2)15(21-6)13(3)10-14/h9-10H,7-8,11,18H2,1-6H3. The number of nitrogens with two attached hydrogens (primary N) is 1. The predicted molar refractivity (Wildman–Crippen MR) is 86.4 cm³/mol. The minimum absolute atomic E-state index is 0.0181. The molecular formula is C17H28N2O2. The van der Waals surface area contributed by atoms with E-state index in [9.17, 15) is 4.79 Å². The van der Waals surface area contributed by atoms with Gasteiger partial charge in [-0.2, -0.15) is 0 Å². The lowest BCUT2D eigenvalue weighted by atomic mass is 9.95. The fourth-order valence-corrected chi connectivity index (χ4v) is 2.86. The highest BCUT2D eigenvalue weighted by atomic mass is 16.5. The molecule has 1 unspecified atom stereocenters. The van der Waals surface area contributed by atoms with Gasteiger partial charge in [0.1, 0.15) is 5.75 Å². The third kappa shape index (κ3) is 4.21. The zero-order chi connectivity index (χ0) is 16.2. The molecule has 1 amide bonds. The van der Waals surface area contributed by atoms with Crippen LogP contribution in [0.2, 0.25) is 0 Å². The van der Waals surface area contributed by atoms with Gasteiger partial charge in [-0.1, -0.05) is 25.5 Å². The SMILES string of the molecule is CCCC(C)(N)C(=O)N(C)Cc1cc(C)c(OC)c(C)c1. The van der Waals surface area contributed by atoms with Crippen LogP contribution in [-0.2, 0) is 11.3 Å². The monoisotopic (exact) mass is 292 g/mol. The van der Waals surface area contributed by atoms with Gasteiger partial charge in [-0.3, -0.25) is 4.79 Å². The Bertz CT molecular complexity index is 487. The molecule has 0 spiro atoms. The predicted octanol–water partition coefficient (Wildman–Crippen LogP) is 2.79. The maximum atomic E-state index is 12.4. The molecule has 1 atom stereocenters. The molecule has 4 nitrogen and oxygen atoms in total. The Morgan fingerprint density at radius 2 is 1.86 bits per heavy atom. The van der Waals surface area contributed by atoms with Crippen LogP contribution in [0.3, 0.4) is 0 Å². The average molecular weight is 292 g/mol. The molecule has 0 bridgehead atoms. The van der Waals surface area contributed by atoms with Crippen molar-refractivity contribution >= 4 is 5.91 Å². The maximum Gasteiger partial charge on any atom is 0.242 e. The Morgan fingerprint density at radius 3 is 2.29 bits per heavy atom. The molecule has 1 rings (SSSR count). The first-order chi connectivity index (χ1) is 9.72. The molecule has 4 heteroatoms. The lowest BCUT2D eigenvalue weighted by Gasteiger charge is -2.29. The van der Waals surface area contributed by atoms with E-state index in [0.29, 0.717) is 13.0 Å². The summed E-state index contributed by atoms with van der Waals surface area (Å²) in [7, 11) is 3.48. The van der Waals surface area contributed by atoms with E-state index in [2.05, 4.69) is 12.1 Å². The molecule has 0 heterocycles. The van der Waals surface area contributed by atoms with Gasteiger partial charge in [-0.05, 0) is 43.9 Å². The first kappa shape index (κ1) is 17.5. The summed E-state index contributed by atoms with van der Waals surface area (Å²) >= 11 is 0. The zero-order valence-electron chi connectivity index (χ0n) is 14.1. The molecule has 21 heavy (non-hydrogen) atoms. The molecule has 1 aromatic rings.